The minimum Gasteiger partial charge on any atom is -0.395 e. The summed E-state index contributed by atoms with van der Waals surface area (Å²) in [5.41, 5.74) is -0.689. The highest BCUT2D eigenvalue weighted by molar-refractivity contribution is 6.06. The van der Waals surface area contributed by atoms with E-state index in [0.29, 0.717) is 0 Å². The van der Waals surface area contributed by atoms with Crippen LogP contribution in [0.4, 0.5) is 0 Å². The van der Waals surface area contributed by atoms with E-state index in [1.807, 2.05) is 5.32 Å². The molecule has 0 aliphatic heterocycles. The fourth-order valence-corrected chi connectivity index (χ4v) is 0.824. The quantitative estimate of drug-likeness (QED) is 0.276. The van der Waals surface area contributed by atoms with Crippen molar-refractivity contribution in [1.82, 2.24) is 10.6 Å². The molecule has 2 amide bonds. The van der Waals surface area contributed by atoms with Crippen LogP contribution in [-0.4, -0.2) is 51.6 Å². The molecule has 94 valence electrons. The number of amides is 2. The van der Waals surface area contributed by atoms with Crippen LogP contribution in [0.15, 0.2) is 0 Å². The van der Waals surface area contributed by atoms with Crippen molar-refractivity contribution >= 4 is 11.8 Å². The number of hydrogen-bond donors (Lipinski definition) is 5. The zero-order valence-corrected chi connectivity index (χ0v) is 9.57. The first-order chi connectivity index (χ1) is 7.11. The van der Waals surface area contributed by atoms with Gasteiger partial charge < -0.3 is 26.0 Å². The maximum Gasteiger partial charge on any atom is 0.326 e. The topological polar surface area (TPSA) is 119 Å². The Kier molecular flexibility index (Phi) is 4.85. The summed E-state index contributed by atoms with van der Waals surface area (Å²) >= 11 is 0. The lowest BCUT2D eigenvalue weighted by molar-refractivity contribution is -0.193. The molecule has 0 heterocycles. The molecular formula is C9H18N2O5. The van der Waals surface area contributed by atoms with Crippen molar-refractivity contribution in [2.45, 2.75) is 32.1 Å². The third kappa shape index (κ3) is 4.56. The van der Waals surface area contributed by atoms with E-state index in [0.717, 1.165) is 0 Å². The summed E-state index contributed by atoms with van der Waals surface area (Å²) in [6.45, 7) is 4.37. The van der Waals surface area contributed by atoms with Gasteiger partial charge in [-0.15, -0.1) is 0 Å². The summed E-state index contributed by atoms with van der Waals surface area (Å²) in [5.74, 6) is -5.62. The molecule has 0 aromatic carbocycles. The molecule has 0 unspecified atom stereocenters. The Bertz CT molecular complexity index is 270. The molecule has 0 aromatic heterocycles. The predicted molar refractivity (Wildman–Crippen MR) is 55.2 cm³/mol. The Hall–Kier alpha value is -1.18. The number of aliphatic hydroxyl groups excluding tert-OH is 1. The molecule has 7 nitrogen and oxygen atoms in total. The van der Waals surface area contributed by atoms with Crippen LogP contribution in [0.3, 0.4) is 0 Å². The van der Waals surface area contributed by atoms with E-state index in [1.54, 1.807) is 20.8 Å². The van der Waals surface area contributed by atoms with E-state index in [-0.39, 0.29) is 13.2 Å². The van der Waals surface area contributed by atoms with Crippen LogP contribution < -0.4 is 10.6 Å². The van der Waals surface area contributed by atoms with Crippen molar-refractivity contribution in [3.8, 4) is 0 Å². The van der Waals surface area contributed by atoms with Gasteiger partial charge in [0.1, 0.15) is 0 Å². The molecule has 0 saturated heterocycles. The maximum atomic E-state index is 11.4. The fraction of sp³-hybridized carbons (Fsp3) is 0.778. The minimum atomic E-state index is -3.14. The average molecular weight is 234 g/mol. The van der Waals surface area contributed by atoms with Gasteiger partial charge in [0.25, 0.3) is 11.8 Å². The highest BCUT2D eigenvalue weighted by atomic mass is 16.5. The van der Waals surface area contributed by atoms with Gasteiger partial charge in [-0.05, 0) is 20.8 Å². The van der Waals surface area contributed by atoms with Gasteiger partial charge in [-0.1, -0.05) is 0 Å². The van der Waals surface area contributed by atoms with Gasteiger partial charge in [0.05, 0.1) is 6.61 Å². The van der Waals surface area contributed by atoms with Crippen LogP contribution in [0.25, 0.3) is 0 Å². The van der Waals surface area contributed by atoms with E-state index in [4.69, 9.17) is 5.11 Å². The fourth-order valence-electron chi connectivity index (χ4n) is 0.824. The second kappa shape index (κ2) is 5.24. The van der Waals surface area contributed by atoms with Gasteiger partial charge in [0, 0.05) is 12.1 Å². The third-order valence-electron chi connectivity index (χ3n) is 1.52. The smallest absolute Gasteiger partial charge is 0.326 e. The maximum absolute atomic E-state index is 11.4. The van der Waals surface area contributed by atoms with E-state index < -0.39 is 23.1 Å². The minimum absolute atomic E-state index is 0.162. The molecule has 5 N–H and O–H groups in total. The predicted octanol–water partition coefficient (Wildman–Crippen LogP) is -2.31. The first-order valence-electron chi connectivity index (χ1n) is 4.78. The van der Waals surface area contributed by atoms with Gasteiger partial charge in [0.2, 0.25) is 0 Å². The summed E-state index contributed by atoms with van der Waals surface area (Å²) in [4.78, 5) is 22.5. The van der Waals surface area contributed by atoms with Crippen molar-refractivity contribution in [2.24, 2.45) is 0 Å². The number of carbonyl (C=O) groups is 2. The summed E-state index contributed by atoms with van der Waals surface area (Å²) in [6, 6.07) is 0. The average Bonchev–Trinajstić information content (AvgIpc) is 2.11. The van der Waals surface area contributed by atoms with Crippen LogP contribution in [-0.2, 0) is 9.59 Å². The van der Waals surface area contributed by atoms with E-state index >= 15 is 0 Å². The monoisotopic (exact) mass is 234 g/mol. The van der Waals surface area contributed by atoms with E-state index in [9.17, 15) is 19.8 Å². The summed E-state index contributed by atoms with van der Waals surface area (Å²) < 4.78 is 0. The van der Waals surface area contributed by atoms with Gasteiger partial charge in [0.15, 0.2) is 0 Å². The lowest BCUT2D eigenvalue weighted by atomic mass is 10.1. The zero-order chi connectivity index (χ0) is 13.0. The second-order valence-corrected chi connectivity index (χ2v) is 4.36. The van der Waals surface area contributed by atoms with Crippen LogP contribution in [0.1, 0.15) is 20.8 Å². The molecule has 0 rings (SSSR count). The molecular weight excluding hydrogens is 216 g/mol. The molecule has 0 aromatic rings. The van der Waals surface area contributed by atoms with Crippen molar-refractivity contribution in [3.05, 3.63) is 0 Å². The van der Waals surface area contributed by atoms with Crippen LogP contribution in [0.5, 0.6) is 0 Å². The van der Waals surface area contributed by atoms with Crippen molar-refractivity contribution in [3.63, 3.8) is 0 Å². The molecule has 7 heteroatoms. The Balaban J connectivity index is 4.52. The molecule has 0 aliphatic carbocycles. The molecule has 0 spiro atoms. The van der Waals surface area contributed by atoms with Crippen LogP contribution in [0.2, 0.25) is 0 Å². The highest BCUT2D eigenvalue weighted by Gasteiger charge is 2.43. The number of aliphatic hydroxyl groups is 3. The first kappa shape index (κ1) is 14.8. The second-order valence-electron chi connectivity index (χ2n) is 4.36. The number of hydrogen-bond acceptors (Lipinski definition) is 5. The van der Waals surface area contributed by atoms with Crippen LogP contribution >= 0.6 is 0 Å². The van der Waals surface area contributed by atoms with Gasteiger partial charge in [-0.25, -0.2) is 0 Å². The van der Waals surface area contributed by atoms with E-state index in [1.165, 1.54) is 0 Å². The first-order valence-corrected chi connectivity index (χ1v) is 4.78. The standard InChI is InChI=1S/C9H18N2O5/c1-8(2,3)11-7(14)9(15,16)6(13)10-4-5-12/h12,15-16H,4-5H2,1-3H3,(H,10,13)(H,11,14). The summed E-state index contributed by atoms with van der Waals surface area (Å²) in [7, 11) is 0. The SMILES string of the molecule is CC(C)(C)NC(=O)C(O)(O)C(=O)NCCO. The van der Waals surface area contributed by atoms with E-state index in [2.05, 4.69) is 5.32 Å². The molecule has 0 aliphatic rings. The Labute approximate surface area is 93.5 Å². The lowest BCUT2D eigenvalue weighted by Crippen LogP contribution is -2.60. The van der Waals surface area contributed by atoms with Crippen LogP contribution in [0, 0.1) is 0 Å². The normalized spacial score (nSPS) is 12.1. The largest absolute Gasteiger partial charge is 0.395 e. The highest BCUT2D eigenvalue weighted by Crippen LogP contribution is 2.05. The Morgan fingerprint density at radius 1 is 1.12 bits per heavy atom. The number of carbonyl (C=O) groups excluding carboxylic acids is 2. The lowest BCUT2D eigenvalue weighted by Gasteiger charge is -2.26. The molecule has 16 heavy (non-hydrogen) atoms. The summed E-state index contributed by atoms with van der Waals surface area (Å²) in [6.07, 6.45) is 0. The van der Waals surface area contributed by atoms with Gasteiger partial charge >= 0.3 is 5.79 Å². The molecule has 0 fully saturated rings. The Morgan fingerprint density at radius 3 is 2.00 bits per heavy atom. The summed E-state index contributed by atoms with van der Waals surface area (Å²) in [5, 5.41) is 31.3. The number of nitrogens with one attached hydrogen (secondary N) is 2. The van der Waals surface area contributed by atoms with Gasteiger partial charge in [-0.2, -0.15) is 0 Å². The zero-order valence-electron chi connectivity index (χ0n) is 9.57. The van der Waals surface area contributed by atoms with Crippen molar-refractivity contribution < 1.29 is 24.9 Å². The molecule has 0 radical (unpaired) electrons. The van der Waals surface area contributed by atoms with Crippen molar-refractivity contribution in [1.29, 1.82) is 0 Å². The molecule has 0 atom stereocenters. The third-order valence-corrected chi connectivity index (χ3v) is 1.52. The van der Waals surface area contributed by atoms with Crippen molar-refractivity contribution in [2.75, 3.05) is 13.2 Å². The van der Waals surface area contributed by atoms with Gasteiger partial charge in [-0.3, -0.25) is 9.59 Å². The number of rotatable bonds is 4. The molecule has 0 bridgehead atoms. The Morgan fingerprint density at radius 2 is 1.62 bits per heavy atom. The molecule has 0 saturated carbocycles.